The summed E-state index contributed by atoms with van der Waals surface area (Å²) in [6, 6.07) is 9.72. The van der Waals surface area contributed by atoms with Crippen LogP contribution in [0.1, 0.15) is 36.6 Å². The van der Waals surface area contributed by atoms with E-state index in [1.54, 1.807) is 31.3 Å². The summed E-state index contributed by atoms with van der Waals surface area (Å²) in [7, 11) is 3.19. The maximum Gasteiger partial charge on any atom is 0.318 e. The van der Waals surface area contributed by atoms with Crippen molar-refractivity contribution < 1.29 is 18.7 Å². The van der Waals surface area contributed by atoms with Crippen LogP contribution in [0.2, 0.25) is 0 Å². The summed E-state index contributed by atoms with van der Waals surface area (Å²) >= 11 is 0. The predicted molar refractivity (Wildman–Crippen MR) is 102 cm³/mol. The Balaban J connectivity index is 2.11. The Kier molecular flexibility index (Phi) is 5.54. The lowest BCUT2D eigenvalue weighted by molar-refractivity contribution is 0.177. The molecule has 0 aliphatic carbocycles. The van der Waals surface area contributed by atoms with Crippen molar-refractivity contribution in [3.63, 3.8) is 0 Å². The second kappa shape index (κ2) is 7.86. The van der Waals surface area contributed by atoms with Crippen molar-refractivity contribution in [1.82, 2.24) is 10.2 Å². The van der Waals surface area contributed by atoms with Crippen molar-refractivity contribution in [2.24, 2.45) is 0 Å². The van der Waals surface area contributed by atoms with Gasteiger partial charge in [-0.25, -0.2) is 9.18 Å². The first-order valence-electron chi connectivity index (χ1n) is 9.02. The van der Waals surface area contributed by atoms with Crippen molar-refractivity contribution in [2.75, 3.05) is 20.8 Å². The van der Waals surface area contributed by atoms with Gasteiger partial charge in [-0.1, -0.05) is 12.1 Å². The van der Waals surface area contributed by atoms with E-state index in [1.807, 2.05) is 26.0 Å². The molecular formula is C21H25FN2O3. The van der Waals surface area contributed by atoms with Gasteiger partial charge in [0.1, 0.15) is 5.82 Å². The molecule has 144 valence electrons. The van der Waals surface area contributed by atoms with E-state index in [2.05, 4.69) is 5.32 Å². The quantitative estimate of drug-likeness (QED) is 0.885. The van der Waals surface area contributed by atoms with Crippen molar-refractivity contribution >= 4 is 6.03 Å². The van der Waals surface area contributed by atoms with Crippen LogP contribution in [0, 0.1) is 5.82 Å². The Labute approximate surface area is 159 Å². The predicted octanol–water partition coefficient (Wildman–Crippen LogP) is 3.91. The molecule has 0 bridgehead atoms. The van der Waals surface area contributed by atoms with E-state index in [0.29, 0.717) is 24.5 Å². The largest absolute Gasteiger partial charge is 0.493 e. The minimum atomic E-state index is -0.326. The molecule has 27 heavy (non-hydrogen) atoms. The molecule has 0 radical (unpaired) electrons. The Morgan fingerprint density at radius 3 is 2.37 bits per heavy atom. The maximum atomic E-state index is 13.5. The molecular weight excluding hydrogens is 347 g/mol. The van der Waals surface area contributed by atoms with Crippen LogP contribution in [-0.4, -0.2) is 37.7 Å². The summed E-state index contributed by atoms with van der Waals surface area (Å²) in [5, 5.41) is 2.96. The van der Waals surface area contributed by atoms with Crippen molar-refractivity contribution in [2.45, 2.75) is 32.4 Å². The van der Waals surface area contributed by atoms with Gasteiger partial charge in [0.25, 0.3) is 0 Å². The molecule has 1 unspecified atom stereocenters. The SMILES string of the molecule is COc1cc2c(cc1OC)C(c1ccc(F)cc1)N(C(=O)NC(C)C)CC2. The third-order valence-electron chi connectivity index (χ3n) is 4.73. The van der Waals surface area contributed by atoms with E-state index in [0.717, 1.165) is 16.7 Å². The zero-order chi connectivity index (χ0) is 19.6. The van der Waals surface area contributed by atoms with Gasteiger partial charge in [0, 0.05) is 12.6 Å². The van der Waals surface area contributed by atoms with Crippen LogP contribution in [0.25, 0.3) is 0 Å². The highest BCUT2D eigenvalue weighted by Crippen LogP contribution is 2.41. The minimum Gasteiger partial charge on any atom is -0.493 e. The molecule has 0 spiro atoms. The smallest absolute Gasteiger partial charge is 0.318 e. The normalized spacial score (nSPS) is 16.1. The van der Waals surface area contributed by atoms with Gasteiger partial charge < -0.3 is 19.7 Å². The van der Waals surface area contributed by atoms with Gasteiger partial charge in [0.2, 0.25) is 0 Å². The number of hydrogen-bond acceptors (Lipinski definition) is 3. The van der Waals surface area contributed by atoms with Crippen LogP contribution < -0.4 is 14.8 Å². The molecule has 2 amide bonds. The van der Waals surface area contributed by atoms with E-state index in [-0.39, 0.29) is 23.9 Å². The maximum absolute atomic E-state index is 13.5. The second-order valence-electron chi connectivity index (χ2n) is 6.91. The molecule has 1 aliphatic rings. The summed E-state index contributed by atoms with van der Waals surface area (Å²) in [5.41, 5.74) is 2.91. The van der Waals surface area contributed by atoms with Crippen LogP contribution in [0.5, 0.6) is 11.5 Å². The fraction of sp³-hybridized carbons (Fsp3) is 0.381. The molecule has 2 aromatic carbocycles. The van der Waals surface area contributed by atoms with E-state index in [4.69, 9.17) is 9.47 Å². The number of hydrogen-bond donors (Lipinski definition) is 1. The first kappa shape index (κ1) is 19.0. The molecule has 3 rings (SSSR count). The first-order chi connectivity index (χ1) is 12.9. The van der Waals surface area contributed by atoms with Gasteiger partial charge in [-0.2, -0.15) is 0 Å². The lowest BCUT2D eigenvalue weighted by Gasteiger charge is -2.38. The highest BCUT2D eigenvalue weighted by molar-refractivity contribution is 5.76. The summed E-state index contributed by atoms with van der Waals surface area (Å²) < 4.78 is 24.3. The third-order valence-corrected chi connectivity index (χ3v) is 4.73. The third kappa shape index (κ3) is 3.84. The molecule has 0 fully saturated rings. The number of urea groups is 1. The molecule has 0 saturated heterocycles. The van der Waals surface area contributed by atoms with Gasteiger partial charge in [0.15, 0.2) is 11.5 Å². The van der Waals surface area contributed by atoms with Crippen LogP contribution in [-0.2, 0) is 6.42 Å². The monoisotopic (exact) mass is 372 g/mol. The molecule has 0 saturated carbocycles. The lowest BCUT2D eigenvalue weighted by atomic mass is 9.88. The number of benzene rings is 2. The van der Waals surface area contributed by atoms with Gasteiger partial charge in [-0.05, 0) is 61.2 Å². The van der Waals surface area contributed by atoms with Crippen molar-refractivity contribution in [3.8, 4) is 11.5 Å². The van der Waals surface area contributed by atoms with Crippen molar-refractivity contribution in [3.05, 3.63) is 58.9 Å². The van der Waals surface area contributed by atoms with Crippen LogP contribution >= 0.6 is 0 Å². The van der Waals surface area contributed by atoms with Gasteiger partial charge >= 0.3 is 6.03 Å². The zero-order valence-corrected chi connectivity index (χ0v) is 16.1. The summed E-state index contributed by atoms with van der Waals surface area (Å²) in [5.74, 6) is 0.962. The average Bonchev–Trinajstić information content (AvgIpc) is 2.66. The number of fused-ring (bicyclic) bond motifs is 1. The Morgan fingerprint density at radius 2 is 1.78 bits per heavy atom. The molecule has 1 N–H and O–H groups in total. The Bertz CT molecular complexity index is 821. The number of rotatable bonds is 4. The van der Waals surface area contributed by atoms with Gasteiger partial charge in [-0.15, -0.1) is 0 Å². The molecule has 1 heterocycles. The number of methoxy groups -OCH3 is 2. The van der Waals surface area contributed by atoms with E-state index in [9.17, 15) is 9.18 Å². The summed E-state index contributed by atoms with van der Waals surface area (Å²) in [6.45, 7) is 4.41. The van der Waals surface area contributed by atoms with Crippen LogP contribution in [0.15, 0.2) is 36.4 Å². The number of ether oxygens (including phenoxy) is 2. The number of nitrogens with one attached hydrogen (secondary N) is 1. The standard InChI is InChI=1S/C21H25FN2O3/c1-13(2)23-21(25)24-10-9-15-11-18(26-3)19(27-4)12-17(15)20(24)14-5-7-16(22)8-6-14/h5-8,11-13,20H,9-10H2,1-4H3,(H,23,25). The highest BCUT2D eigenvalue weighted by atomic mass is 19.1. The van der Waals surface area contributed by atoms with Crippen molar-refractivity contribution in [1.29, 1.82) is 0 Å². The lowest BCUT2D eigenvalue weighted by Crippen LogP contribution is -2.47. The summed E-state index contributed by atoms with van der Waals surface area (Å²) in [4.78, 5) is 14.6. The minimum absolute atomic E-state index is 0.0261. The molecule has 2 aromatic rings. The van der Waals surface area contributed by atoms with E-state index < -0.39 is 0 Å². The number of halogens is 1. The molecule has 0 aromatic heterocycles. The summed E-state index contributed by atoms with van der Waals surface area (Å²) in [6.07, 6.45) is 0.707. The van der Waals surface area contributed by atoms with Crippen LogP contribution in [0.4, 0.5) is 9.18 Å². The number of carbonyl (C=O) groups excluding carboxylic acids is 1. The Morgan fingerprint density at radius 1 is 1.15 bits per heavy atom. The van der Waals surface area contributed by atoms with Crippen LogP contribution in [0.3, 0.4) is 0 Å². The second-order valence-corrected chi connectivity index (χ2v) is 6.91. The Hall–Kier alpha value is -2.76. The fourth-order valence-corrected chi connectivity index (χ4v) is 3.50. The number of amides is 2. The first-order valence-corrected chi connectivity index (χ1v) is 9.02. The van der Waals surface area contributed by atoms with Gasteiger partial charge in [0.05, 0.1) is 20.3 Å². The number of carbonyl (C=O) groups is 1. The topological polar surface area (TPSA) is 50.8 Å². The van der Waals surface area contributed by atoms with E-state index in [1.165, 1.54) is 12.1 Å². The van der Waals surface area contributed by atoms with Gasteiger partial charge in [-0.3, -0.25) is 0 Å². The fourth-order valence-electron chi connectivity index (χ4n) is 3.50. The number of nitrogens with zero attached hydrogens (tertiary/aromatic N) is 1. The molecule has 6 heteroatoms. The highest BCUT2D eigenvalue weighted by Gasteiger charge is 2.33. The molecule has 5 nitrogen and oxygen atoms in total. The average molecular weight is 372 g/mol. The molecule has 1 aliphatic heterocycles. The zero-order valence-electron chi connectivity index (χ0n) is 16.1. The molecule has 1 atom stereocenters. The van der Waals surface area contributed by atoms with E-state index >= 15 is 0 Å².